The first-order chi connectivity index (χ1) is 7.29. The van der Waals surface area contributed by atoms with Crippen LogP contribution in [0.5, 0.6) is 0 Å². The molecule has 2 rings (SSSR count). The summed E-state index contributed by atoms with van der Waals surface area (Å²) >= 11 is 0. The van der Waals surface area contributed by atoms with Gasteiger partial charge in [-0.3, -0.25) is 0 Å². The summed E-state index contributed by atoms with van der Waals surface area (Å²) in [5.41, 5.74) is 2.59. The molecule has 2 nitrogen and oxygen atoms in total. The molecule has 0 saturated heterocycles. The fourth-order valence-corrected chi connectivity index (χ4v) is 1.80. The summed E-state index contributed by atoms with van der Waals surface area (Å²) in [5.74, 6) is 0. The number of aryl methyl sites for hydroxylation is 1. The number of hydrogen-bond donors (Lipinski definition) is 0. The smallest absolute Gasteiger partial charge is 0.0941 e. The molecule has 1 aromatic carbocycles. The Morgan fingerprint density at radius 3 is 2.44 bits per heavy atom. The average molecular weight is 283 g/mol. The minimum absolute atomic E-state index is 0. The van der Waals surface area contributed by atoms with E-state index in [1.54, 1.807) is 0 Å². The van der Waals surface area contributed by atoms with Crippen molar-refractivity contribution in [3.05, 3.63) is 42.2 Å². The van der Waals surface area contributed by atoms with Crippen LogP contribution in [0.3, 0.4) is 0 Å². The van der Waals surface area contributed by atoms with Gasteiger partial charge in [0.05, 0.1) is 6.67 Å². The van der Waals surface area contributed by atoms with Crippen LogP contribution in [0.25, 0.3) is 0 Å². The molecular weight excluding hydrogens is 264 g/mol. The third kappa shape index (κ3) is 3.01. The van der Waals surface area contributed by atoms with Crippen LogP contribution in [0, 0.1) is 6.92 Å². The Bertz CT molecular complexity index is 345. The Labute approximate surface area is 108 Å². The van der Waals surface area contributed by atoms with Crippen molar-refractivity contribution in [3.8, 4) is 0 Å². The summed E-state index contributed by atoms with van der Waals surface area (Å²) in [7, 11) is 0. The summed E-state index contributed by atoms with van der Waals surface area (Å²) in [5, 5.41) is 0. The number of hydrogen-bond acceptors (Lipinski definition) is 2. The molecule has 0 unspecified atom stereocenters. The second kappa shape index (κ2) is 5.94. The first-order valence-corrected chi connectivity index (χ1v) is 5.55. The minimum atomic E-state index is 0. The van der Waals surface area contributed by atoms with E-state index in [2.05, 4.69) is 60.3 Å². The van der Waals surface area contributed by atoms with E-state index in [1.807, 2.05) is 0 Å². The Kier molecular flexibility index (Phi) is 4.87. The predicted molar refractivity (Wildman–Crippen MR) is 75.0 cm³/mol. The maximum atomic E-state index is 2.33. The maximum Gasteiger partial charge on any atom is 0.0941 e. The van der Waals surface area contributed by atoms with Gasteiger partial charge in [0.2, 0.25) is 0 Å². The van der Waals surface area contributed by atoms with E-state index in [-0.39, 0.29) is 17.0 Å². The highest BCUT2D eigenvalue weighted by atomic mass is 79.9. The molecule has 1 aromatic rings. The molecule has 3 heteroatoms. The number of nitrogens with zero attached hydrogens (tertiary/aromatic N) is 2. The average Bonchev–Trinajstić information content (AvgIpc) is 2.68. The van der Waals surface area contributed by atoms with Crippen LogP contribution in [-0.2, 0) is 0 Å². The van der Waals surface area contributed by atoms with E-state index < -0.39 is 0 Å². The molecule has 1 aliphatic rings. The van der Waals surface area contributed by atoms with E-state index in [0.717, 1.165) is 13.2 Å². The molecule has 0 radical (unpaired) electrons. The highest BCUT2D eigenvalue weighted by molar-refractivity contribution is 8.93. The van der Waals surface area contributed by atoms with E-state index in [4.69, 9.17) is 0 Å². The summed E-state index contributed by atoms with van der Waals surface area (Å²) < 4.78 is 0. The molecule has 0 N–H and O–H groups in total. The van der Waals surface area contributed by atoms with Gasteiger partial charge in [-0.15, -0.1) is 17.0 Å². The lowest BCUT2D eigenvalue weighted by atomic mass is 10.2. The van der Waals surface area contributed by atoms with E-state index in [1.165, 1.54) is 17.7 Å². The van der Waals surface area contributed by atoms with Crippen LogP contribution in [-0.4, -0.2) is 18.1 Å². The molecule has 0 fully saturated rings. The highest BCUT2D eigenvalue weighted by Gasteiger charge is 2.12. The van der Waals surface area contributed by atoms with Crippen LogP contribution >= 0.6 is 17.0 Å². The Balaban J connectivity index is 0.00000128. The van der Waals surface area contributed by atoms with Gasteiger partial charge in [-0.1, -0.05) is 24.6 Å². The van der Waals surface area contributed by atoms with Crippen LogP contribution in [0.15, 0.2) is 36.7 Å². The number of halogens is 1. The molecule has 88 valence electrons. The summed E-state index contributed by atoms with van der Waals surface area (Å²) in [6.45, 7) is 6.45. The zero-order valence-corrected chi connectivity index (χ0v) is 11.6. The molecule has 0 aliphatic carbocycles. The van der Waals surface area contributed by atoms with Crippen molar-refractivity contribution in [2.24, 2.45) is 0 Å². The van der Waals surface area contributed by atoms with Crippen molar-refractivity contribution in [3.63, 3.8) is 0 Å². The first-order valence-electron chi connectivity index (χ1n) is 5.55. The standard InChI is InChI=1S/C13H18N2.BrH/c1-3-8-14-9-10-15(11-14)13-6-4-12(2)5-7-13;/h4-7,9-10H,3,8,11H2,1-2H3;1H. The maximum absolute atomic E-state index is 2.33. The molecule has 0 aromatic heterocycles. The Morgan fingerprint density at radius 1 is 1.12 bits per heavy atom. The van der Waals surface area contributed by atoms with Gasteiger partial charge in [0, 0.05) is 24.6 Å². The zero-order valence-electron chi connectivity index (χ0n) is 9.89. The lowest BCUT2D eigenvalue weighted by Crippen LogP contribution is -2.25. The number of benzene rings is 1. The Hall–Kier alpha value is -0.960. The molecule has 0 saturated carbocycles. The minimum Gasteiger partial charge on any atom is -0.358 e. The molecule has 0 bridgehead atoms. The second-order valence-electron chi connectivity index (χ2n) is 4.06. The molecule has 0 spiro atoms. The largest absolute Gasteiger partial charge is 0.358 e. The van der Waals surface area contributed by atoms with Crippen LogP contribution in [0.4, 0.5) is 5.69 Å². The fourth-order valence-electron chi connectivity index (χ4n) is 1.80. The summed E-state index contributed by atoms with van der Waals surface area (Å²) in [6, 6.07) is 8.67. The molecule has 0 atom stereocenters. The monoisotopic (exact) mass is 282 g/mol. The van der Waals surface area contributed by atoms with Crippen molar-refractivity contribution in [1.29, 1.82) is 0 Å². The molecule has 0 amide bonds. The van der Waals surface area contributed by atoms with E-state index in [0.29, 0.717) is 0 Å². The van der Waals surface area contributed by atoms with Crippen LogP contribution in [0.2, 0.25) is 0 Å². The van der Waals surface area contributed by atoms with Crippen molar-refractivity contribution in [2.75, 3.05) is 18.1 Å². The fraction of sp³-hybridized carbons (Fsp3) is 0.385. The van der Waals surface area contributed by atoms with Crippen molar-refractivity contribution >= 4 is 22.7 Å². The van der Waals surface area contributed by atoms with Crippen molar-refractivity contribution in [2.45, 2.75) is 20.3 Å². The Morgan fingerprint density at radius 2 is 1.81 bits per heavy atom. The van der Waals surface area contributed by atoms with E-state index in [9.17, 15) is 0 Å². The lowest BCUT2D eigenvalue weighted by molar-refractivity contribution is 0.406. The van der Waals surface area contributed by atoms with E-state index >= 15 is 0 Å². The SMILES string of the molecule is Br.CCCN1C=CN(c2ccc(C)cc2)C1. The topological polar surface area (TPSA) is 6.48 Å². The lowest BCUT2D eigenvalue weighted by Gasteiger charge is -2.20. The molecule has 16 heavy (non-hydrogen) atoms. The predicted octanol–water partition coefficient (Wildman–Crippen LogP) is 3.53. The van der Waals surface area contributed by atoms with Crippen LogP contribution in [0.1, 0.15) is 18.9 Å². The molecule has 1 aliphatic heterocycles. The quantitative estimate of drug-likeness (QED) is 0.837. The van der Waals surface area contributed by atoms with Gasteiger partial charge in [0.1, 0.15) is 0 Å². The normalized spacial score (nSPS) is 14.1. The van der Waals surface area contributed by atoms with Crippen molar-refractivity contribution in [1.82, 2.24) is 4.90 Å². The van der Waals surface area contributed by atoms with Gasteiger partial charge in [-0.05, 0) is 25.5 Å². The first kappa shape index (κ1) is 13.1. The van der Waals surface area contributed by atoms with Gasteiger partial charge in [-0.2, -0.15) is 0 Å². The van der Waals surface area contributed by atoms with Gasteiger partial charge >= 0.3 is 0 Å². The molecular formula is C13H19BrN2. The third-order valence-electron chi connectivity index (χ3n) is 2.67. The van der Waals surface area contributed by atoms with Gasteiger partial charge in [0.25, 0.3) is 0 Å². The second-order valence-corrected chi connectivity index (χ2v) is 4.06. The van der Waals surface area contributed by atoms with Gasteiger partial charge in [-0.25, -0.2) is 0 Å². The zero-order chi connectivity index (χ0) is 10.7. The third-order valence-corrected chi connectivity index (χ3v) is 2.67. The summed E-state index contributed by atoms with van der Waals surface area (Å²) in [4.78, 5) is 4.61. The van der Waals surface area contributed by atoms with Crippen LogP contribution < -0.4 is 4.90 Å². The van der Waals surface area contributed by atoms with Gasteiger partial charge in [0.15, 0.2) is 0 Å². The number of rotatable bonds is 3. The summed E-state index contributed by atoms with van der Waals surface area (Å²) in [6.07, 6.45) is 5.52. The number of anilines is 1. The highest BCUT2D eigenvalue weighted by Crippen LogP contribution is 2.19. The molecule has 1 heterocycles. The van der Waals surface area contributed by atoms with Gasteiger partial charge < -0.3 is 9.80 Å². The van der Waals surface area contributed by atoms with Crippen molar-refractivity contribution < 1.29 is 0 Å².